The Balaban J connectivity index is 1.75. The van der Waals surface area contributed by atoms with Crippen LogP contribution >= 0.6 is 0 Å². The van der Waals surface area contributed by atoms with Crippen molar-refractivity contribution in [1.82, 2.24) is 0 Å². The molecule has 0 fully saturated rings. The van der Waals surface area contributed by atoms with Crippen molar-refractivity contribution in [2.75, 3.05) is 5.73 Å². The van der Waals surface area contributed by atoms with Gasteiger partial charge in [0.2, 0.25) is 0 Å². The molecular formula is C23H22F3NO2. The van der Waals surface area contributed by atoms with Crippen LogP contribution in [0.1, 0.15) is 26.3 Å². The Hall–Kier alpha value is -3.15. The second kappa shape index (κ2) is 7.70. The van der Waals surface area contributed by atoms with Gasteiger partial charge in [-0.2, -0.15) is 0 Å². The Labute approximate surface area is 167 Å². The minimum atomic E-state index is -4.71. The largest absolute Gasteiger partial charge is 0.573 e. The first-order valence-corrected chi connectivity index (χ1v) is 9.05. The van der Waals surface area contributed by atoms with E-state index in [9.17, 15) is 13.2 Å². The van der Waals surface area contributed by atoms with E-state index in [1.165, 1.54) is 17.7 Å². The van der Waals surface area contributed by atoms with Crippen LogP contribution in [0.2, 0.25) is 0 Å². The number of ether oxygens (including phenoxy) is 2. The van der Waals surface area contributed by atoms with Gasteiger partial charge in [0.25, 0.3) is 0 Å². The molecule has 29 heavy (non-hydrogen) atoms. The second-order valence-electron chi connectivity index (χ2n) is 7.70. The first-order valence-electron chi connectivity index (χ1n) is 9.05. The van der Waals surface area contributed by atoms with Crippen LogP contribution in [0.4, 0.5) is 18.9 Å². The molecule has 3 aromatic carbocycles. The zero-order valence-electron chi connectivity index (χ0n) is 16.4. The summed E-state index contributed by atoms with van der Waals surface area (Å²) in [6.45, 7) is 6.42. The fourth-order valence-electron chi connectivity index (χ4n) is 2.82. The number of halogens is 3. The number of nitrogen functional groups attached to an aromatic ring is 1. The van der Waals surface area contributed by atoms with Crippen molar-refractivity contribution in [3.05, 3.63) is 72.3 Å². The summed E-state index contributed by atoms with van der Waals surface area (Å²) in [6.07, 6.45) is -4.71. The summed E-state index contributed by atoms with van der Waals surface area (Å²) in [7, 11) is 0. The average molecular weight is 401 g/mol. The third-order valence-corrected chi connectivity index (χ3v) is 4.38. The Bertz CT molecular complexity index is 973. The Morgan fingerprint density at radius 1 is 0.724 bits per heavy atom. The van der Waals surface area contributed by atoms with Gasteiger partial charge in [-0.1, -0.05) is 51.1 Å². The van der Waals surface area contributed by atoms with Crippen LogP contribution in [0.25, 0.3) is 11.1 Å². The van der Waals surface area contributed by atoms with E-state index in [1.807, 2.05) is 24.3 Å². The van der Waals surface area contributed by atoms with E-state index >= 15 is 0 Å². The maximum Gasteiger partial charge on any atom is 0.573 e. The van der Waals surface area contributed by atoms with Crippen LogP contribution in [0.5, 0.6) is 17.2 Å². The maximum atomic E-state index is 12.3. The number of nitrogens with two attached hydrogens (primary N) is 1. The van der Waals surface area contributed by atoms with Crippen molar-refractivity contribution in [1.29, 1.82) is 0 Å². The van der Waals surface area contributed by atoms with Gasteiger partial charge in [-0.25, -0.2) is 0 Å². The zero-order chi connectivity index (χ0) is 21.2. The molecule has 0 bridgehead atoms. The molecular weight excluding hydrogens is 379 g/mol. The first-order chi connectivity index (χ1) is 13.5. The molecule has 0 saturated carbocycles. The summed E-state index contributed by atoms with van der Waals surface area (Å²) in [5.41, 5.74) is 9.28. The van der Waals surface area contributed by atoms with E-state index in [0.717, 1.165) is 5.56 Å². The van der Waals surface area contributed by atoms with E-state index in [-0.39, 0.29) is 11.2 Å². The standard InChI is InChI=1S/C23H22F3NO2/c1-22(2,3)17-7-11-18(12-8-17)28-21-13-6-16(14-20(21)27)15-4-9-19(10-5-15)29-23(24,25)26/h4-14H,27H2,1-3H3. The molecule has 2 N–H and O–H groups in total. The molecule has 0 unspecified atom stereocenters. The van der Waals surface area contributed by atoms with E-state index in [4.69, 9.17) is 10.5 Å². The smallest absolute Gasteiger partial charge is 0.455 e. The first kappa shape index (κ1) is 20.6. The van der Waals surface area contributed by atoms with Gasteiger partial charge >= 0.3 is 6.36 Å². The summed E-state index contributed by atoms with van der Waals surface area (Å²) in [6, 6.07) is 18.7. The Morgan fingerprint density at radius 3 is 1.79 bits per heavy atom. The van der Waals surface area contributed by atoms with Gasteiger partial charge in [0, 0.05) is 0 Å². The summed E-state index contributed by atoms with van der Waals surface area (Å²) < 4.78 is 46.6. The van der Waals surface area contributed by atoms with Crippen LogP contribution in [-0.2, 0) is 5.41 Å². The van der Waals surface area contributed by atoms with Crippen molar-refractivity contribution in [2.45, 2.75) is 32.5 Å². The highest BCUT2D eigenvalue weighted by molar-refractivity contribution is 5.71. The van der Waals surface area contributed by atoms with Gasteiger partial charge in [-0.05, 0) is 58.5 Å². The fraction of sp³-hybridized carbons (Fsp3) is 0.217. The number of hydrogen-bond acceptors (Lipinski definition) is 3. The molecule has 0 aliphatic rings. The molecule has 0 heterocycles. The molecule has 6 heteroatoms. The van der Waals surface area contributed by atoms with Crippen LogP contribution in [0.15, 0.2) is 66.7 Å². The predicted octanol–water partition coefficient (Wildman–Crippen LogP) is 6.92. The minimum absolute atomic E-state index is 0.0555. The molecule has 3 rings (SSSR count). The minimum Gasteiger partial charge on any atom is -0.455 e. The molecule has 0 spiro atoms. The number of hydrogen-bond donors (Lipinski definition) is 1. The SMILES string of the molecule is CC(C)(C)c1ccc(Oc2ccc(-c3ccc(OC(F)(F)F)cc3)cc2N)cc1. The number of anilines is 1. The van der Waals surface area contributed by atoms with Gasteiger partial charge in [0.1, 0.15) is 17.2 Å². The van der Waals surface area contributed by atoms with Crippen LogP contribution in [-0.4, -0.2) is 6.36 Å². The number of benzene rings is 3. The highest BCUT2D eigenvalue weighted by atomic mass is 19.4. The Kier molecular flexibility index (Phi) is 5.46. The highest BCUT2D eigenvalue weighted by Crippen LogP contribution is 2.34. The lowest BCUT2D eigenvalue weighted by atomic mass is 9.87. The van der Waals surface area contributed by atoms with Gasteiger partial charge in [-0.3, -0.25) is 0 Å². The normalized spacial score (nSPS) is 11.9. The molecule has 3 nitrogen and oxygen atoms in total. The summed E-state index contributed by atoms with van der Waals surface area (Å²) in [4.78, 5) is 0. The van der Waals surface area contributed by atoms with E-state index < -0.39 is 6.36 Å². The average Bonchev–Trinajstić information content (AvgIpc) is 2.62. The monoisotopic (exact) mass is 401 g/mol. The molecule has 152 valence electrons. The van der Waals surface area contributed by atoms with Crippen LogP contribution < -0.4 is 15.2 Å². The summed E-state index contributed by atoms with van der Waals surface area (Å²) in [5.74, 6) is 0.910. The topological polar surface area (TPSA) is 44.5 Å². The van der Waals surface area contributed by atoms with Gasteiger partial charge in [0.05, 0.1) is 5.69 Å². The van der Waals surface area contributed by atoms with E-state index in [2.05, 4.69) is 25.5 Å². The van der Waals surface area contributed by atoms with Gasteiger partial charge in [-0.15, -0.1) is 13.2 Å². The summed E-state index contributed by atoms with van der Waals surface area (Å²) >= 11 is 0. The molecule has 0 saturated heterocycles. The third-order valence-electron chi connectivity index (χ3n) is 4.38. The predicted molar refractivity (Wildman–Crippen MR) is 108 cm³/mol. The molecule has 0 aromatic heterocycles. The van der Waals surface area contributed by atoms with Crippen molar-refractivity contribution in [2.24, 2.45) is 0 Å². The number of alkyl halides is 3. The van der Waals surface area contributed by atoms with Crippen molar-refractivity contribution >= 4 is 5.69 Å². The van der Waals surface area contributed by atoms with Crippen molar-refractivity contribution < 1.29 is 22.6 Å². The molecule has 0 aliphatic carbocycles. The quantitative estimate of drug-likeness (QED) is 0.482. The molecule has 3 aromatic rings. The second-order valence-corrected chi connectivity index (χ2v) is 7.70. The lowest BCUT2D eigenvalue weighted by Crippen LogP contribution is -2.16. The number of rotatable bonds is 4. The van der Waals surface area contributed by atoms with E-state index in [1.54, 1.807) is 30.3 Å². The van der Waals surface area contributed by atoms with E-state index in [0.29, 0.717) is 22.7 Å². The maximum absolute atomic E-state index is 12.3. The molecule has 0 atom stereocenters. The van der Waals surface area contributed by atoms with Gasteiger partial charge in [0.15, 0.2) is 0 Å². The lowest BCUT2D eigenvalue weighted by molar-refractivity contribution is -0.274. The zero-order valence-corrected chi connectivity index (χ0v) is 16.4. The van der Waals surface area contributed by atoms with Crippen molar-refractivity contribution in [3.8, 4) is 28.4 Å². The third kappa shape index (κ3) is 5.44. The van der Waals surface area contributed by atoms with Crippen LogP contribution in [0, 0.1) is 0 Å². The van der Waals surface area contributed by atoms with Crippen molar-refractivity contribution in [3.63, 3.8) is 0 Å². The van der Waals surface area contributed by atoms with Crippen LogP contribution in [0.3, 0.4) is 0 Å². The molecule has 0 amide bonds. The highest BCUT2D eigenvalue weighted by Gasteiger charge is 2.30. The molecule has 0 aliphatic heterocycles. The summed E-state index contributed by atoms with van der Waals surface area (Å²) in [5, 5.41) is 0. The molecule has 0 radical (unpaired) electrons. The fourth-order valence-corrected chi connectivity index (χ4v) is 2.82. The Morgan fingerprint density at radius 2 is 1.28 bits per heavy atom. The lowest BCUT2D eigenvalue weighted by Gasteiger charge is -2.19. The van der Waals surface area contributed by atoms with Gasteiger partial charge < -0.3 is 15.2 Å².